The fourth-order valence-electron chi connectivity index (χ4n) is 4.67. The number of hydrogen-bond acceptors (Lipinski definition) is 7. The highest BCUT2D eigenvalue weighted by molar-refractivity contribution is 5.84. The van der Waals surface area contributed by atoms with E-state index < -0.39 is 0 Å². The standard InChI is InChI=1S/C23H24N4O.C10H15NO.C2H6.CHN/c1-16-14-25-27-15-21(24-3)17(2)23(27)22(16)26-18-8-7-11-20(13-12-18)28-19-9-5-4-6-10-19;1-11(2)10-6-4-3-5-9(7-10)8-12;2*1-2/h4-10,12-15,24,26H,11H2,1-3H3;3,5,7-8,10H,4,6H2,1-2H3;1-2H3;1H. The Kier molecular flexibility index (Phi) is 15.0. The van der Waals surface area contributed by atoms with Crippen molar-refractivity contribution in [3.05, 3.63) is 113 Å². The van der Waals surface area contributed by atoms with Crippen LogP contribution < -0.4 is 15.4 Å². The van der Waals surface area contributed by atoms with E-state index in [-0.39, 0.29) is 0 Å². The van der Waals surface area contributed by atoms with Crippen LogP contribution in [-0.4, -0.2) is 48.0 Å². The summed E-state index contributed by atoms with van der Waals surface area (Å²) in [7, 11) is 6.00. The maximum absolute atomic E-state index is 10.5. The van der Waals surface area contributed by atoms with Crippen molar-refractivity contribution in [1.82, 2.24) is 14.5 Å². The minimum atomic E-state index is 0.403. The number of ether oxygens (including phenoxy) is 1. The van der Waals surface area contributed by atoms with Gasteiger partial charge in [-0.05, 0) is 76.7 Å². The highest BCUT2D eigenvalue weighted by Crippen LogP contribution is 2.31. The van der Waals surface area contributed by atoms with Gasteiger partial charge in [0.2, 0.25) is 0 Å². The lowest BCUT2D eigenvalue weighted by Crippen LogP contribution is -2.25. The molecule has 1 aromatic carbocycles. The van der Waals surface area contributed by atoms with E-state index in [4.69, 9.17) is 10.00 Å². The van der Waals surface area contributed by atoms with E-state index in [9.17, 15) is 4.79 Å². The van der Waals surface area contributed by atoms with Gasteiger partial charge in [0, 0.05) is 42.9 Å². The van der Waals surface area contributed by atoms with Crippen LogP contribution in [0.1, 0.15) is 44.2 Å². The summed E-state index contributed by atoms with van der Waals surface area (Å²) < 4.78 is 7.89. The molecule has 2 heterocycles. The van der Waals surface area contributed by atoms with E-state index in [0.29, 0.717) is 6.04 Å². The monoisotopic (exact) mass is 594 g/mol. The van der Waals surface area contributed by atoms with Crippen molar-refractivity contribution in [2.75, 3.05) is 31.8 Å². The molecule has 5 rings (SSSR count). The molecule has 44 heavy (non-hydrogen) atoms. The Morgan fingerprint density at radius 1 is 1.09 bits per heavy atom. The van der Waals surface area contributed by atoms with Gasteiger partial charge in [-0.1, -0.05) is 56.4 Å². The summed E-state index contributed by atoms with van der Waals surface area (Å²) in [5.41, 5.74) is 7.28. The summed E-state index contributed by atoms with van der Waals surface area (Å²) in [6.45, 7) is 11.7. The number of aryl methyl sites for hydroxylation is 2. The third-order valence-electron chi connectivity index (χ3n) is 6.97. The van der Waals surface area contributed by atoms with Gasteiger partial charge in [0.25, 0.3) is 0 Å². The number of benzene rings is 1. The maximum Gasteiger partial charge on any atom is 0.149 e. The van der Waals surface area contributed by atoms with E-state index in [1.54, 1.807) is 0 Å². The van der Waals surface area contributed by atoms with Crippen molar-refractivity contribution < 1.29 is 9.53 Å². The molecule has 0 aliphatic heterocycles. The Bertz CT molecular complexity index is 1520. The van der Waals surface area contributed by atoms with Gasteiger partial charge < -0.3 is 20.3 Å². The number of nitrogens with zero attached hydrogens (tertiary/aromatic N) is 4. The van der Waals surface area contributed by atoms with Crippen molar-refractivity contribution in [2.24, 2.45) is 0 Å². The molecule has 0 fully saturated rings. The van der Waals surface area contributed by atoms with Gasteiger partial charge >= 0.3 is 0 Å². The fraction of sp³-hybridized carbons (Fsp3) is 0.306. The number of aromatic nitrogens is 2. The topological polar surface area (TPSA) is 94.7 Å². The average molecular weight is 595 g/mol. The molecule has 3 aromatic rings. The van der Waals surface area contributed by atoms with Crippen molar-refractivity contribution in [3.63, 3.8) is 0 Å². The van der Waals surface area contributed by atoms with Crippen LogP contribution in [0, 0.1) is 25.7 Å². The smallest absolute Gasteiger partial charge is 0.149 e. The number of hydrogen-bond donors (Lipinski definition) is 2. The molecule has 0 saturated carbocycles. The summed E-state index contributed by atoms with van der Waals surface area (Å²) in [5.74, 6) is 1.76. The SMILES string of the molecule is C#N.CC.CN(C)C1C=C(C=O)C=CCC1.CNc1cn2ncc(C)c(NC3=CC=C(Oc4ccccc4)CC=C3)c2c1C. The molecule has 0 spiro atoms. The van der Waals surface area contributed by atoms with E-state index >= 15 is 0 Å². The third kappa shape index (κ3) is 9.85. The Morgan fingerprint density at radius 2 is 1.82 bits per heavy atom. The highest BCUT2D eigenvalue weighted by Gasteiger charge is 2.14. The number of nitriles is 1. The first-order valence-electron chi connectivity index (χ1n) is 14.9. The number of nitrogens with one attached hydrogen (secondary N) is 2. The van der Waals surface area contributed by atoms with Gasteiger partial charge in [-0.2, -0.15) is 5.10 Å². The van der Waals surface area contributed by atoms with Crippen LogP contribution in [0.3, 0.4) is 0 Å². The number of anilines is 2. The Morgan fingerprint density at radius 3 is 2.48 bits per heavy atom. The van der Waals surface area contributed by atoms with Crippen LogP contribution in [0.4, 0.5) is 11.4 Å². The lowest BCUT2D eigenvalue weighted by molar-refractivity contribution is -0.104. The summed E-state index contributed by atoms with van der Waals surface area (Å²) in [5, 5.41) is 17.8. The molecule has 0 saturated heterocycles. The molecule has 0 radical (unpaired) electrons. The minimum absolute atomic E-state index is 0.403. The molecule has 2 aliphatic carbocycles. The summed E-state index contributed by atoms with van der Waals surface area (Å²) in [6.07, 6.45) is 22.0. The summed E-state index contributed by atoms with van der Waals surface area (Å²) in [6, 6.07) is 10.3. The molecule has 8 nitrogen and oxygen atoms in total. The van der Waals surface area contributed by atoms with Crippen molar-refractivity contribution >= 4 is 23.2 Å². The number of likely N-dealkylation sites (N-methyl/N-ethyl adjacent to an activating group) is 1. The van der Waals surface area contributed by atoms with Crippen molar-refractivity contribution in [3.8, 4) is 12.3 Å². The number of aldehydes is 1. The molecule has 2 aliphatic rings. The lowest BCUT2D eigenvalue weighted by Gasteiger charge is -2.19. The number of rotatable bonds is 7. The van der Waals surface area contributed by atoms with E-state index in [1.165, 1.54) is 5.56 Å². The third-order valence-corrected chi connectivity index (χ3v) is 6.97. The quantitative estimate of drug-likeness (QED) is 0.270. The van der Waals surface area contributed by atoms with E-state index in [0.717, 1.165) is 70.8 Å². The molecule has 232 valence electrons. The zero-order chi connectivity index (χ0) is 32.5. The fourth-order valence-corrected chi connectivity index (χ4v) is 4.67. The zero-order valence-electron chi connectivity index (χ0n) is 27.0. The number of carbonyl (C=O) groups excluding carboxylic acids is 1. The minimum Gasteiger partial charge on any atom is -0.461 e. The van der Waals surface area contributed by atoms with Crippen LogP contribution in [0.15, 0.2) is 102 Å². The predicted octanol–water partition coefficient (Wildman–Crippen LogP) is 7.77. The Labute approximate surface area is 262 Å². The molecule has 0 amide bonds. The molecule has 8 heteroatoms. The number of fused-ring (bicyclic) bond motifs is 1. The summed E-state index contributed by atoms with van der Waals surface area (Å²) >= 11 is 0. The van der Waals surface area contributed by atoms with Crippen LogP contribution in [-0.2, 0) is 4.79 Å². The van der Waals surface area contributed by atoms with E-state index in [1.807, 2.05) is 100 Å². The normalized spacial score (nSPS) is 15.3. The largest absolute Gasteiger partial charge is 0.461 e. The van der Waals surface area contributed by atoms with Gasteiger partial charge in [-0.15, -0.1) is 0 Å². The first-order chi connectivity index (χ1) is 21.4. The number of carbonyl (C=O) groups is 1. The van der Waals surface area contributed by atoms with Gasteiger partial charge in [-0.3, -0.25) is 4.79 Å². The Balaban J connectivity index is 0.000000354. The van der Waals surface area contributed by atoms with Gasteiger partial charge in [0.15, 0.2) is 0 Å². The van der Waals surface area contributed by atoms with Crippen LogP contribution >= 0.6 is 0 Å². The second-order valence-corrected chi connectivity index (χ2v) is 10.1. The highest BCUT2D eigenvalue weighted by atomic mass is 16.5. The molecule has 1 unspecified atom stereocenters. The first-order valence-corrected chi connectivity index (χ1v) is 14.9. The van der Waals surface area contributed by atoms with Crippen LogP contribution in [0.5, 0.6) is 5.75 Å². The van der Waals surface area contributed by atoms with Gasteiger partial charge in [0.05, 0.1) is 29.3 Å². The second kappa shape index (κ2) is 18.6. The van der Waals surface area contributed by atoms with E-state index in [2.05, 4.69) is 65.4 Å². The molecule has 2 aromatic heterocycles. The van der Waals surface area contributed by atoms with Crippen LogP contribution in [0.2, 0.25) is 0 Å². The Hall–Kier alpha value is -4.87. The van der Waals surface area contributed by atoms with Crippen molar-refractivity contribution in [1.29, 1.82) is 5.26 Å². The molecular weight excluding hydrogens is 548 g/mol. The number of para-hydroxylation sites is 1. The zero-order valence-corrected chi connectivity index (χ0v) is 27.0. The van der Waals surface area contributed by atoms with Crippen LogP contribution in [0.25, 0.3) is 5.52 Å². The van der Waals surface area contributed by atoms with Gasteiger partial charge in [-0.25, -0.2) is 9.78 Å². The molecular formula is C36H46N6O2. The van der Waals surface area contributed by atoms with Gasteiger partial charge in [0.1, 0.15) is 17.8 Å². The lowest BCUT2D eigenvalue weighted by atomic mass is 10.1. The molecule has 2 N–H and O–H groups in total. The second-order valence-electron chi connectivity index (χ2n) is 10.1. The molecule has 0 bridgehead atoms. The maximum atomic E-state index is 10.5. The average Bonchev–Trinajstić information content (AvgIpc) is 3.23. The van der Waals surface area contributed by atoms with Crippen molar-refractivity contribution in [2.45, 2.75) is 53.0 Å². The predicted molar refractivity (Wildman–Crippen MR) is 183 cm³/mol. The number of allylic oxidation sites excluding steroid dienone is 7. The molecule has 1 atom stereocenters. The first kappa shape index (κ1) is 35.3. The summed E-state index contributed by atoms with van der Waals surface area (Å²) in [4.78, 5) is 12.7.